The molecule has 0 spiro atoms. The molecule has 132 valence electrons. The van der Waals surface area contributed by atoms with Gasteiger partial charge in [0, 0.05) is 31.5 Å². The molecule has 0 amide bonds. The van der Waals surface area contributed by atoms with Crippen molar-refractivity contribution in [2.45, 2.75) is 58.7 Å². The Morgan fingerprint density at radius 1 is 1.33 bits per heavy atom. The average Bonchev–Trinajstić information content (AvgIpc) is 3.18. The Morgan fingerprint density at radius 2 is 2.08 bits per heavy atom. The Kier molecular flexibility index (Phi) is 5.01. The van der Waals surface area contributed by atoms with Gasteiger partial charge in [-0.25, -0.2) is 0 Å². The van der Waals surface area contributed by atoms with E-state index in [9.17, 15) is 0 Å². The van der Waals surface area contributed by atoms with Gasteiger partial charge >= 0.3 is 0 Å². The molecule has 1 N–H and O–H groups in total. The molecule has 1 unspecified atom stereocenters. The monoisotopic (exact) mass is 333 g/mol. The summed E-state index contributed by atoms with van der Waals surface area (Å²) in [5.41, 5.74) is 1.14. The molecular formula is C17H27N5O2. The standard InChI is InChI=1S/C17H27N5O2/c1-12-20-16(24-21-12)15(14-5-7-23-8-6-14)18-9-13-10-19-22(11-13)17(2,3)4/h10-11,14-15,18H,5-9H2,1-4H3. The molecule has 0 saturated carbocycles. The molecule has 3 rings (SSSR count). The summed E-state index contributed by atoms with van der Waals surface area (Å²) < 4.78 is 12.9. The zero-order chi connectivity index (χ0) is 17.2. The second kappa shape index (κ2) is 7.03. The van der Waals surface area contributed by atoms with Crippen molar-refractivity contribution in [3.8, 4) is 0 Å². The van der Waals surface area contributed by atoms with Crippen LogP contribution < -0.4 is 5.32 Å². The fourth-order valence-corrected chi connectivity index (χ4v) is 2.99. The van der Waals surface area contributed by atoms with Gasteiger partial charge in [0.05, 0.1) is 17.8 Å². The van der Waals surface area contributed by atoms with Crippen molar-refractivity contribution < 1.29 is 9.26 Å². The Hall–Kier alpha value is -1.73. The van der Waals surface area contributed by atoms with Crippen molar-refractivity contribution in [1.29, 1.82) is 0 Å². The van der Waals surface area contributed by atoms with Gasteiger partial charge in [0.25, 0.3) is 0 Å². The maximum atomic E-state index is 5.49. The van der Waals surface area contributed by atoms with Crippen LogP contribution in [0.3, 0.4) is 0 Å². The van der Waals surface area contributed by atoms with Crippen LogP contribution in [-0.4, -0.2) is 33.1 Å². The van der Waals surface area contributed by atoms with Crippen molar-refractivity contribution in [2.24, 2.45) is 5.92 Å². The molecule has 0 bridgehead atoms. The molecule has 3 heterocycles. The number of ether oxygens (including phenoxy) is 1. The molecule has 1 aliphatic rings. The number of aryl methyl sites for hydroxylation is 1. The summed E-state index contributed by atoms with van der Waals surface area (Å²) in [4.78, 5) is 4.44. The van der Waals surface area contributed by atoms with Gasteiger partial charge in [0.15, 0.2) is 5.82 Å². The van der Waals surface area contributed by atoms with E-state index in [1.165, 1.54) is 0 Å². The minimum atomic E-state index is -0.0119. The lowest BCUT2D eigenvalue weighted by molar-refractivity contribution is 0.0485. The zero-order valence-electron chi connectivity index (χ0n) is 15.0. The minimum Gasteiger partial charge on any atom is -0.381 e. The van der Waals surface area contributed by atoms with Crippen molar-refractivity contribution in [1.82, 2.24) is 25.2 Å². The topological polar surface area (TPSA) is 78.0 Å². The van der Waals surface area contributed by atoms with Crippen LogP contribution in [0.15, 0.2) is 16.9 Å². The second-order valence-electron chi connectivity index (χ2n) is 7.45. The molecular weight excluding hydrogens is 306 g/mol. The Labute approximate surface area is 142 Å². The van der Waals surface area contributed by atoms with E-state index in [1.807, 2.05) is 17.8 Å². The minimum absolute atomic E-state index is 0.0119. The van der Waals surface area contributed by atoms with Crippen LogP contribution in [0.2, 0.25) is 0 Å². The lowest BCUT2D eigenvalue weighted by Gasteiger charge is -2.28. The van der Waals surface area contributed by atoms with Crippen LogP contribution in [0.4, 0.5) is 0 Å². The normalized spacial score (nSPS) is 18.0. The molecule has 1 aliphatic heterocycles. The van der Waals surface area contributed by atoms with E-state index in [2.05, 4.69) is 47.5 Å². The van der Waals surface area contributed by atoms with E-state index in [1.54, 1.807) is 0 Å². The summed E-state index contributed by atoms with van der Waals surface area (Å²) in [5.74, 6) is 1.78. The van der Waals surface area contributed by atoms with E-state index < -0.39 is 0 Å². The summed E-state index contributed by atoms with van der Waals surface area (Å²) in [7, 11) is 0. The van der Waals surface area contributed by atoms with Gasteiger partial charge in [0.2, 0.25) is 5.89 Å². The van der Waals surface area contributed by atoms with Gasteiger partial charge in [-0.2, -0.15) is 10.1 Å². The molecule has 0 radical (unpaired) electrons. The predicted octanol–water partition coefficient (Wildman–Crippen LogP) is 2.59. The first-order valence-electron chi connectivity index (χ1n) is 8.59. The highest BCUT2D eigenvalue weighted by Gasteiger charge is 2.29. The first kappa shape index (κ1) is 17.1. The molecule has 7 nitrogen and oxygen atoms in total. The Bertz CT molecular complexity index is 652. The highest BCUT2D eigenvalue weighted by Crippen LogP contribution is 2.29. The molecule has 0 aliphatic carbocycles. The summed E-state index contributed by atoms with van der Waals surface area (Å²) in [6, 6.07) is 0.0492. The van der Waals surface area contributed by atoms with Crippen LogP contribution in [0.25, 0.3) is 0 Å². The molecule has 2 aromatic rings. The highest BCUT2D eigenvalue weighted by molar-refractivity contribution is 5.06. The first-order valence-corrected chi connectivity index (χ1v) is 8.59. The van der Waals surface area contributed by atoms with Crippen molar-refractivity contribution in [3.05, 3.63) is 29.7 Å². The molecule has 2 aromatic heterocycles. The van der Waals surface area contributed by atoms with Crippen molar-refractivity contribution in [3.63, 3.8) is 0 Å². The Morgan fingerprint density at radius 3 is 2.67 bits per heavy atom. The molecule has 1 fully saturated rings. The molecule has 0 aromatic carbocycles. The van der Waals surface area contributed by atoms with Gasteiger partial charge < -0.3 is 14.6 Å². The third kappa shape index (κ3) is 4.02. The average molecular weight is 333 g/mol. The van der Waals surface area contributed by atoms with Crippen LogP contribution in [0, 0.1) is 12.8 Å². The van der Waals surface area contributed by atoms with E-state index >= 15 is 0 Å². The number of nitrogens with zero attached hydrogens (tertiary/aromatic N) is 4. The summed E-state index contributed by atoms with van der Waals surface area (Å²) in [6.45, 7) is 10.6. The number of nitrogens with one attached hydrogen (secondary N) is 1. The van der Waals surface area contributed by atoms with E-state index in [4.69, 9.17) is 9.26 Å². The van der Waals surface area contributed by atoms with Crippen molar-refractivity contribution in [2.75, 3.05) is 13.2 Å². The third-order valence-electron chi connectivity index (χ3n) is 4.40. The van der Waals surface area contributed by atoms with Gasteiger partial charge in [-0.1, -0.05) is 5.16 Å². The lowest BCUT2D eigenvalue weighted by atomic mass is 9.91. The van der Waals surface area contributed by atoms with E-state index in [0.717, 1.165) is 38.2 Å². The molecule has 1 saturated heterocycles. The van der Waals surface area contributed by atoms with Crippen LogP contribution >= 0.6 is 0 Å². The SMILES string of the molecule is Cc1noc(C(NCc2cnn(C(C)(C)C)c2)C2CCOCC2)n1. The van der Waals surface area contributed by atoms with E-state index in [-0.39, 0.29) is 11.6 Å². The summed E-state index contributed by atoms with van der Waals surface area (Å²) in [6.07, 6.45) is 6.01. The number of rotatable bonds is 5. The predicted molar refractivity (Wildman–Crippen MR) is 89.4 cm³/mol. The molecule has 1 atom stereocenters. The zero-order valence-corrected chi connectivity index (χ0v) is 15.0. The maximum absolute atomic E-state index is 5.49. The highest BCUT2D eigenvalue weighted by atomic mass is 16.5. The smallest absolute Gasteiger partial charge is 0.244 e. The Balaban J connectivity index is 1.71. The van der Waals surface area contributed by atoms with Crippen LogP contribution in [0.1, 0.15) is 56.9 Å². The number of aromatic nitrogens is 4. The fourth-order valence-electron chi connectivity index (χ4n) is 2.99. The van der Waals surface area contributed by atoms with Gasteiger partial charge in [-0.15, -0.1) is 0 Å². The largest absolute Gasteiger partial charge is 0.381 e. The van der Waals surface area contributed by atoms with Crippen LogP contribution in [-0.2, 0) is 16.8 Å². The fraction of sp³-hybridized carbons (Fsp3) is 0.706. The summed E-state index contributed by atoms with van der Waals surface area (Å²) >= 11 is 0. The molecule has 24 heavy (non-hydrogen) atoms. The quantitative estimate of drug-likeness (QED) is 0.906. The number of hydrogen-bond acceptors (Lipinski definition) is 6. The first-order chi connectivity index (χ1) is 11.4. The third-order valence-corrected chi connectivity index (χ3v) is 4.40. The lowest BCUT2D eigenvalue weighted by Crippen LogP contribution is -2.32. The molecule has 7 heteroatoms. The van der Waals surface area contributed by atoms with E-state index in [0.29, 0.717) is 17.6 Å². The number of hydrogen-bond donors (Lipinski definition) is 1. The maximum Gasteiger partial charge on any atom is 0.244 e. The second-order valence-corrected chi connectivity index (χ2v) is 7.45. The van der Waals surface area contributed by atoms with Gasteiger partial charge in [-0.05, 0) is 46.5 Å². The van der Waals surface area contributed by atoms with Gasteiger partial charge in [-0.3, -0.25) is 4.68 Å². The summed E-state index contributed by atoms with van der Waals surface area (Å²) in [5, 5.41) is 12.0. The van der Waals surface area contributed by atoms with Crippen LogP contribution in [0.5, 0.6) is 0 Å². The van der Waals surface area contributed by atoms with Gasteiger partial charge in [0.1, 0.15) is 0 Å². The van der Waals surface area contributed by atoms with Crippen molar-refractivity contribution >= 4 is 0 Å².